The van der Waals surface area contributed by atoms with E-state index in [0.29, 0.717) is 19.2 Å². The smallest absolute Gasteiger partial charge is 0.188 e. The van der Waals surface area contributed by atoms with Gasteiger partial charge in [0, 0.05) is 27.3 Å². The lowest BCUT2D eigenvalue weighted by molar-refractivity contribution is 0.0689. The van der Waals surface area contributed by atoms with E-state index in [9.17, 15) is 0 Å². The fraction of sp³-hybridized carbons (Fsp3) is 0.889. The average molecular weight is 203 g/mol. The van der Waals surface area contributed by atoms with Crippen molar-refractivity contribution >= 4 is 5.96 Å². The van der Waals surface area contributed by atoms with Crippen molar-refractivity contribution < 1.29 is 9.47 Å². The largest absolute Gasteiger partial charge is 0.382 e. The molecule has 5 nitrogen and oxygen atoms in total. The molecule has 84 valence electrons. The van der Waals surface area contributed by atoms with Crippen LogP contribution < -0.4 is 11.1 Å². The van der Waals surface area contributed by atoms with Crippen LogP contribution in [0.15, 0.2) is 4.99 Å². The first-order chi connectivity index (χ1) is 6.81. The third-order valence-electron chi connectivity index (χ3n) is 1.69. The molecule has 0 saturated heterocycles. The van der Waals surface area contributed by atoms with Crippen LogP contribution in [0.5, 0.6) is 0 Å². The van der Waals surface area contributed by atoms with Crippen LogP contribution in [-0.2, 0) is 9.47 Å². The number of ether oxygens (including phenoxy) is 2. The van der Waals surface area contributed by atoms with Gasteiger partial charge in [-0.2, -0.15) is 0 Å². The zero-order chi connectivity index (χ0) is 10.6. The van der Waals surface area contributed by atoms with Gasteiger partial charge in [0.05, 0.1) is 13.2 Å². The van der Waals surface area contributed by atoms with E-state index in [0.717, 1.165) is 26.0 Å². The van der Waals surface area contributed by atoms with Crippen molar-refractivity contribution in [3.05, 3.63) is 0 Å². The molecule has 0 aliphatic carbocycles. The zero-order valence-electron chi connectivity index (χ0n) is 9.08. The van der Waals surface area contributed by atoms with Gasteiger partial charge in [-0.1, -0.05) is 0 Å². The molecule has 0 fully saturated rings. The quantitative estimate of drug-likeness (QED) is 0.330. The molecule has 0 amide bonds. The Kier molecular flexibility index (Phi) is 9.68. The lowest BCUT2D eigenvalue weighted by atomic mass is 10.3. The molecular formula is C9H21N3O2. The molecular weight excluding hydrogens is 182 g/mol. The standard InChI is InChI=1S/C9H21N3O2/c1-11-9(10)12-5-3-4-6-14-8-7-13-2/h3-8H2,1-2H3,(H3,10,11,12). The van der Waals surface area contributed by atoms with Crippen LogP contribution in [0.2, 0.25) is 0 Å². The molecule has 0 aliphatic heterocycles. The van der Waals surface area contributed by atoms with Crippen LogP contribution in [0.3, 0.4) is 0 Å². The van der Waals surface area contributed by atoms with E-state index in [4.69, 9.17) is 15.2 Å². The minimum Gasteiger partial charge on any atom is -0.382 e. The van der Waals surface area contributed by atoms with Crippen molar-refractivity contribution in [1.29, 1.82) is 0 Å². The first kappa shape index (κ1) is 13.2. The molecule has 0 radical (unpaired) electrons. The number of hydrogen-bond donors (Lipinski definition) is 2. The highest BCUT2D eigenvalue weighted by atomic mass is 16.5. The number of nitrogens with one attached hydrogen (secondary N) is 1. The van der Waals surface area contributed by atoms with Gasteiger partial charge in [-0.25, -0.2) is 0 Å². The Labute approximate surface area is 85.7 Å². The number of nitrogens with zero attached hydrogens (tertiary/aromatic N) is 1. The van der Waals surface area contributed by atoms with Crippen LogP contribution in [0.1, 0.15) is 12.8 Å². The van der Waals surface area contributed by atoms with Gasteiger partial charge in [0.15, 0.2) is 5.96 Å². The number of rotatable bonds is 8. The Hall–Kier alpha value is -0.810. The summed E-state index contributed by atoms with van der Waals surface area (Å²) in [5, 5.41) is 2.98. The molecule has 14 heavy (non-hydrogen) atoms. The zero-order valence-corrected chi connectivity index (χ0v) is 9.08. The molecule has 0 aliphatic rings. The first-order valence-electron chi connectivity index (χ1n) is 4.84. The van der Waals surface area contributed by atoms with E-state index in [-0.39, 0.29) is 0 Å². The summed E-state index contributed by atoms with van der Waals surface area (Å²) < 4.78 is 10.1. The van der Waals surface area contributed by atoms with E-state index in [1.807, 2.05) is 0 Å². The van der Waals surface area contributed by atoms with E-state index in [2.05, 4.69) is 10.3 Å². The van der Waals surface area contributed by atoms with E-state index >= 15 is 0 Å². The molecule has 0 aromatic rings. The molecule has 0 atom stereocenters. The maximum Gasteiger partial charge on any atom is 0.188 e. The van der Waals surface area contributed by atoms with E-state index < -0.39 is 0 Å². The molecule has 0 spiro atoms. The second kappa shape index (κ2) is 10.3. The average Bonchev–Trinajstić information content (AvgIpc) is 2.21. The van der Waals surface area contributed by atoms with Crippen LogP contribution in [-0.4, -0.2) is 46.5 Å². The van der Waals surface area contributed by atoms with Crippen LogP contribution in [0.4, 0.5) is 0 Å². The van der Waals surface area contributed by atoms with Gasteiger partial charge in [-0.15, -0.1) is 0 Å². The molecule has 0 saturated carbocycles. The number of unbranched alkanes of at least 4 members (excludes halogenated alkanes) is 1. The lowest BCUT2D eigenvalue weighted by Crippen LogP contribution is -2.32. The molecule has 0 unspecified atom stereocenters. The normalized spacial score (nSPS) is 11.7. The van der Waals surface area contributed by atoms with Gasteiger partial charge in [-0.05, 0) is 12.8 Å². The molecule has 5 heteroatoms. The summed E-state index contributed by atoms with van der Waals surface area (Å²) in [7, 11) is 3.33. The van der Waals surface area contributed by atoms with E-state index in [1.54, 1.807) is 14.2 Å². The van der Waals surface area contributed by atoms with Gasteiger partial charge in [-0.3, -0.25) is 4.99 Å². The minimum atomic E-state index is 0.491. The highest BCUT2D eigenvalue weighted by molar-refractivity contribution is 5.77. The van der Waals surface area contributed by atoms with Gasteiger partial charge in [0.1, 0.15) is 0 Å². The summed E-state index contributed by atoms with van der Waals surface area (Å²) in [6.45, 7) is 2.95. The molecule has 3 N–H and O–H groups in total. The van der Waals surface area contributed by atoms with Gasteiger partial charge in [0.2, 0.25) is 0 Å². The Morgan fingerprint density at radius 1 is 1.29 bits per heavy atom. The van der Waals surface area contributed by atoms with Crippen molar-refractivity contribution in [2.24, 2.45) is 10.7 Å². The number of hydrogen-bond acceptors (Lipinski definition) is 3. The van der Waals surface area contributed by atoms with Crippen molar-refractivity contribution in [2.75, 3.05) is 40.5 Å². The summed E-state index contributed by atoms with van der Waals surface area (Å²) in [5.74, 6) is 0.491. The van der Waals surface area contributed by atoms with Crippen LogP contribution in [0.25, 0.3) is 0 Å². The lowest BCUT2D eigenvalue weighted by Gasteiger charge is -2.05. The summed E-state index contributed by atoms with van der Waals surface area (Å²) in [5.41, 5.74) is 5.44. The summed E-state index contributed by atoms with van der Waals surface area (Å²) in [4.78, 5) is 3.78. The molecule has 0 heterocycles. The summed E-state index contributed by atoms with van der Waals surface area (Å²) in [6, 6.07) is 0. The number of methoxy groups -OCH3 is 1. The fourth-order valence-corrected chi connectivity index (χ4v) is 0.869. The maximum atomic E-state index is 5.44. The minimum absolute atomic E-state index is 0.491. The van der Waals surface area contributed by atoms with Crippen molar-refractivity contribution in [1.82, 2.24) is 5.32 Å². The first-order valence-corrected chi connectivity index (χ1v) is 4.84. The second-order valence-corrected chi connectivity index (χ2v) is 2.85. The van der Waals surface area contributed by atoms with Gasteiger partial charge >= 0.3 is 0 Å². The number of aliphatic imine (C=N–C) groups is 1. The molecule has 0 bridgehead atoms. The third-order valence-corrected chi connectivity index (χ3v) is 1.69. The highest BCUT2D eigenvalue weighted by Gasteiger charge is 1.91. The number of nitrogens with two attached hydrogens (primary N) is 1. The summed E-state index contributed by atoms with van der Waals surface area (Å²) >= 11 is 0. The monoisotopic (exact) mass is 203 g/mol. The second-order valence-electron chi connectivity index (χ2n) is 2.85. The Bertz CT molecular complexity index is 151. The Balaban J connectivity index is 2.99. The Morgan fingerprint density at radius 3 is 2.71 bits per heavy atom. The van der Waals surface area contributed by atoms with Crippen LogP contribution >= 0.6 is 0 Å². The van der Waals surface area contributed by atoms with Crippen LogP contribution in [0, 0.1) is 0 Å². The SMILES string of the molecule is CN=C(N)NCCCCOCCOC. The molecule has 0 aromatic carbocycles. The van der Waals surface area contributed by atoms with E-state index in [1.165, 1.54) is 0 Å². The van der Waals surface area contributed by atoms with Gasteiger partial charge in [0.25, 0.3) is 0 Å². The molecule has 0 aromatic heterocycles. The van der Waals surface area contributed by atoms with Crippen molar-refractivity contribution in [3.63, 3.8) is 0 Å². The van der Waals surface area contributed by atoms with Crippen molar-refractivity contribution in [2.45, 2.75) is 12.8 Å². The predicted octanol–water partition coefficient (Wildman–Crippen LogP) is -0.0363. The summed E-state index contributed by atoms with van der Waals surface area (Å²) in [6.07, 6.45) is 2.05. The Morgan fingerprint density at radius 2 is 2.07 bits per heavy atom. The van der Waals surface area contributed by atoms with Crippen molar-refractivity contribution in [3.8, 4) is 0 Å². The predicted molar refractivity (Wildman–Crippen MR) is 57.5 cm³/mol. The third kappa shape index (κ3) is 9.28. The van der Waals surface area contributed by atoms with Gasteiger partial charge < -0.3 is 20.5 Å². The fourth-order valence-electron chi connectivity index (χ4n) is 0.869. The highest BCUT2D eigenvalue weighted by Crippen LogP contribution is 1.88. The maximum absolute atomic E-state index is 5.44. The topological polar surface area (TPSA) is 68.9 Å². The molecule has 0 rings (SSSR count). The number of guanidine groups is 1.